The van der Waals surface area contributed by atoms with Gasteiger partial charge in [0.2, 0.25) is 0 Å². The molecule has 1 saturated heterocycles. The summed E-state index contributed by atoms with van der Waals surface area (Å²) in [4.78, 5) is 9.74. The minimum Gasteiger partial charge on any atom is -0.377 e. The molecule has 5 nitrogen and oxygen atoms in total. The van der Waals surface area contributed by atoms with Crippen molar-refractivity contribution < 1.29 is 4.74 Å². The number of ether oxygens (including phenoxy) is 1. The summed E-state index contributed by atoms with van der Waals surface area (Å²) in [6.45, 7) is 11.8. The summed E-state index contributed by atoms with van der Waals surface area (Å²) in [5.41, 5.74) is 4.14. The molecule has 1 aromatic rings. The molecule has 0 atom stereocenters. The van der Waals surface area contributed by atoms with Crippen molar-refractivity contribution in [2.45, 2.75) is 26.7 Å². The van der Waals surface area contributed by atoms with Gasteiger partial charge < -0.3 is 19.9 Å². The Morgan fingerprint density at radius 3 is 2.77 bits per heavy atom. The summed E-state index contributed by atoms with van der Waals surface area (Å²) >= 11 is 0. The van der Waals surface area contributed by atoms with Crippen LogP contribution in [0.25, 0.3) is 0 Å². The number of rotatable bonds is 5. The van der Waals surface area contributed by atoms with Gasteiger partial charge in [-0.3, -0.25) is 4.99 Å². The van der Waals surface area contributed by atoms with Crippen LogP contribution in [0.5, 0.6) is 0 Å². The zero-order valence-corrected chi connectivity index (χ0v) is 16.2. The van der Waals surface area contributed by atoms with Gasteiger partial charge in [0.05, 0.1) is 13.2 Å². The van der Waals surface area contributed by atoms with E-state index in [0.29, 0.717) is 0 Å². The van der Waals surface area contributed by atoms with Crippen molar-refractivity contribution in [1.82, 2.24) is 10.2 Å². The van der Waals surface area contributed by atoms with E-state index in [1.807, 2.05) is 0 Å². The number of anilines is 1. The van der Waals surface area contributed by atoms with E-state index in [0.717, 1.165) is 71.3 Å². The SMILES string of the molecule is CCNC(=NCCC1=CCOCC1)N1CCN(c2cccc(C)c2)CC1. The largest absolute Gasteiger partial charge is 0.377 e. The molecule has 142 valence electrons. The van der Waals surface area contributed by atoms with Gasteiger partial charge in [-0.15, -0.1) is 0 Å². The van der Waals surface area contributed by atoms with Crippen molar-refractivity contribution in [3.63, 3.8) is 0 Å². The first-order chi connectivity index (χ1) is 12.8. The van der Waals surface area contributed by atoms with Gasteiger partial charge in [-0.2, -0.15) is 0 Å². The molecule has 0 aromatic heterocycles. The lowest BCUT2D eigenvalue weighted by Gasteiger charge is -2.37. The van der Waals surface area contributed by atoms with Crippen molar-refractivity contribution in [3.8, 4) is 0 Å². The Kier molecular flexibility index (Phi) is 6.95. The second kappa shape index (κ2) is 9.62. The Morgan fingerprint density at radius 2 is 2.08 bits per heavy atom. The molecule has 26 heavy (non-hydrogen) atoms. The smallest absolute Gasteiger partial charge is 0.194 e. The summed E-state index contributed by atoms with van der Waals surface area (Å²) in [5.74, 6) is 1.06. The van der Waals surface area contributed by atoms with E-state index >= 15 is 0 Å². The first kappa shape index (κ1) is 18.8. The summed E-state index contributed by atoms with van der Waals surface area (Å²) in [7, 11) is 0. The predicted molar refractivity (Wildman–Crippen MR) is 109 cm³/mol. The molecule has 2 aliphatic heterocycles. The number of guanidine groups is 1. The molecule has 0 radical (unpaired) electrons. The van der Waals surface area contributed by atoms with Crippen LogP contribution in [-0.2, 0) is 4.74 Å². The third kappa shape index (κ3) is 5.24. The highest BCUT2D eigenvalue weighted by Crippen LogP contribution is 2.18. The van der Waals surface area contributed by atoms with E-state index in [1.165, 1.54) is 16.8 Å². The highest BCUT2D eigenvalue weighted by atomic mass is 16.5. The van der Waals surface area contributed by atoms with E-state index in [-0.39, 0.29) is 0 Å². The zero-order valence-electron chi connectivity index (χ0n) is 16.2. The fourth-order valence-electron chi connectivity index (χ4n) is 3.52. The lowest BCUT2D eigenvalue weighted by Crippen LogP contribution is -2.52. The number of hydrogen-bond acceptors (Lipinski definition) is 3. The van der Waals surface area contributed by atoms with Crippen molar-refractivity contribution in [2.24, 2.45) is 4.99 Å². The minimum absolute atomic E-state index is 0.764. The van der Waals surface area contributed by atoms with Crippen LogP contribution in [0.1, 0.15) is 25.3 Å². The number of aryl methyl sites for hydroxylation is 1. The van der Waals surface area contributed by atoms with Crippen molar-refractivity contribution in [1.29, 1.82) is 0 Å². The Balaban J connectivity index is 1.54. The van der Waals surface area contributed by atoms with Crippen LogP contribution in [0.4, 0.5) is 5.69 Å². The van der Waals surface area contributed by atoms with Gasteiger partial charge in [-0.1, -0.05) is 23.8 Å². The van der Waals surface area contributed by atoms with E-state index in [4.69, 9.17) is 9.73 Å². The Bertz CT molecular complexity index is 633. The van der Waals surface area contributed by atoms with Gasteiger partial charge >= 0.3 is 0 Å². The molecule has 2 aliphatic rings. The summed E-state index contributed by atoms with van der Waals surface area (Å²) in [5, 5.41) is 3.47. The molecule has 3 rings (SSSR count). The maximum Gasteiger partial charge on any atom is 0.194 e. The quantitative estimate of drug-likeness (QED) is 0.500. The fourth-order valence-corrected chi connectivity index (χ4v) is 3.52. The van der Waals surface area contributed by atoms with Gasteiger partial charge in [-0.05, 0) is 44.4 Å². The molecule has 1 aromatic carbocycles. The van der Waals surface area contributed by atoms with Gasteiger partial charge in [0.1, 0.15) is 0 Å². The topological polar surface area (TPSA) is 40.1 Å². The Labute approximate surface area is 157 Å². The Morgan fingerprint density at radius 1 is 1.23 bits per heavy atom. The summed E-state index contributed by atoms with van der Waals surface area (Å²) in [6, 6.07) is 8.79. The third-order valence-electron chi connectivity index (χ3n) is 5.03. The van der Waals surface area contributed by atoms with Gasteiger partial charge in [-0.25, -0.2) is 0 Å². The van der Waals surface area contributed by atoms with Crippen molar-refractivity contribution in [3.05, 3.63) is 41.5 Å². The van der Waals surface area contributed by atoms with Crippen LogP contribution in [0.15, 0.2) is 40.9 Å². The van der Waals surface area contributed by atoms with E-state index in [1.54, 1.807) is 0 Å². The number of piperazine rings is 1. The lowest BCUT2D eigenvalue weighted by atomic mass is 10.1. The number of nitrogens with one attached hydrogen (secondary N) is 1. The van der Waals surface area contributed by atoms with Crippen LogP contribution in [0, 0.1) is 6.92 Å². The number of aliphatic imine (C=N–C) groups is 1. The van der Waals surface area contributed by atoms with E-state index < -0.39 is 0 Å². The molecular weight excluding hydrogens is 324 g/mol. The standard InChI is InChI=1S/C21H32N4O/c1-3-22-21(23-10-7-19-8-15-26-16-9-19)25-13-11-24(12-14-25)20-6-4-5-18(2)17-20/h4-6,8,17H,3,7,9-16H2,1-2H3,(H,22,23). The maximum absolute atomic E-state index is 5.38. The van der Waals surface area contributed by atoms with Crippen molar-refractivity contribution >= 4 is 11.6 Å². The van der Waals surface area contributed by atoms with Crippen LogP contribution < -0.4 is 10.2 Å². The number of benzene rings is 1. The van der Waals surface area contributed by atoms with E-state index in [2.05, 4.69) is 59.3 Å². The molecule has 0 saturated carbocycles. The lowest BCUT2D eigenvalue weighted by molar-refractivity contribution is 0.153. The molecule has 0 spiro atoms. The van der Waals surface area contributed by atoms with Gasteiger partial charge in [0.15, 0.2) is 5.96 Å². The average Bonchev–Trinajstić information content (AvgIpc) is 2.68. The molecule has 0 aliphatic carbocycles. The predicted octanol–water partition coefficient (Wildman–Crippen LogP) is 2.82. The molecule has 1 fully saturated rings. The number of hydrogen-bond donors (Lipinski definition) is 1. The monoisotopic (exact) mass is 356 g/mol. The molecule has 5 heteroatoms. The van der Waals surface area contributed by atoms with E-state index in [9.17, 15) is 0 Å². The highest BCUT2D eigenvalue weighted by Gasteiger charge is 2.19. The Hall–Kier alpha value is -2.01. The fraction of sp³-hybridized carbons (Fsp3) is 0.571. The third-order valence-corrected chi connectivity index (χ3v) is 5.03. The van der Waals surface area contributed by atoms with Crippen molar-refractivity contribution in [2.75, 3.05) is 57.4 Å². The van der Waals surface area contributed by atoms with Gasteiger partial charge in [0, 0.05) is 45.0 Å². The van der Waals surface area contributed by atoms with Crippen LogP contribution in [-0.4, -0.2) is 63.3 Å². The van der Waals surface area contributed by atoms with Gasteiger partial charge in [0.25, 0.3) is 0 Å². The van der Waals surface area contributed by atoms with Crippen LogP contribution in [0.2, 0.25) is 0 Å². The zero-order chi connectivity index (χ0) is 18.2. The first-order valence-electron chi connectivity index (χ1n) is 9.87. The molecule has 0 unspecified atom stereocenters. The maximum atomic E-state index is 5.38. The molecule has 0 amide bonds. The second-order valence-corrected chi connectivity index (χ2v) is 6.99. The molecule has 1 N–H and O–H groups in total. The molecular formula is C21H32N4O. The normalized spacial score (nSPS) is 18.7. The minimum atomic E-state index is 0.764. The average molecular weight is 357 g/mol. The molecule has 0 bridgehead atoms. The van der Waals surface area contributed by atoms with Crippen LogP contribution >= 0.6 is 0 Å². The second-order valence-electron chi connectivity index (χ2n) is 6.99. The summed E-state index contributed by atoms with van der Waals surface area (Å²) < 4.78 is 5.38. The summed E-state index contributed by atoms with van der Waals surface area (Å²) in [6.07, 6.45) is 4.31. The highest BCUT2D eigenvalue weighted by molar-refractivity contribution is 5.80. The number of nitrogens with zero attached hydrogens (tertiary/aromatic N) is 3. The molecule has 2 heterocycles. The first-order valence-corrected chi connectivity index (χ1v) is 9.87. The van der Waals surface area contributed by atoms with Crippen LogP contribution in [0.3, 0.4) is 0 Å².